The summed E-state index contributed by atoms with van der Waals surface area (Å²) in [7, 11) is 0. The maximum atomic E-state index is 10.7. The predicted octanol–water partition coefficient (Wildman–Crippen LogP) is 1.16. The number of carboxylic acid groups (broad SMARTS) is 1. The summed E-state index contributed by atoms with van der Waals surface area (Å²) in [5, 5.41) is 18.2. The van der Waals surface area contributed by atoms with Crippen molar-refractivity contribution in [1.82, 2.24) is 0 Å². The lowest BCUT2D eigenvalue weighted by atomic mass is 10.2. The first-order valence-corrected chi connectivity index (χ1v) is 5.35. The molecule has 1 atom stereocenters. The number of benzene rings is 1. The Balaban J connectivity index is 2.46. The van der Waals surface area contributed by atoms with E-state index in [4.69, 9.17) is 14.6 Å². The molecule has 0 aliphatic heterocycles. The molecule has 0 bridgehead atoms. The van der Waals surface area contributed by atoms with Gasteiger partial charge in [-0.05, 0) is 25.1 Å². The van der Waals surface area contributed by atoms with Crippen molar-refractivity contribution in [2.75, 3.05) is 19.8 Å². The summed E-state index contributed by atoms with van der Waals surface area (Å²) in [4.78, 5) is 10.7. The lowest BCUT2D eigenvalue weighted by Crippen LogP contribution is -2.23. The molecule has 0 aromatic heterocycles. The Morgan fingerprint density at radius 2 is 2.18 bits per heavy atom. The zero-order chi connectivity index (χ0) is 12.7. The van der Waals surface area contributed by atoms with Crippen LogP contribution < -0.4 is 4.74 Å². The molecule has 0 saturated carbocycles. The first kappa shape index (κ1) is 13.5. The van der Waals surface area contributed by atoms with Gasteiger partial charge in [0.25, 0.3) is 0 Å². The molecule has 0 saturated heterocycles. The van der Waals surface area contributed by atoms with Crippen LogP contribution in [0.2, 0.25) is 0 Å². The molecule has 0 spiro atoms. The van der Waals surface area contributed by atoms with Crippen LogP contribution >= 0.6 is 0 Å². The minimum absolute atomic E-state index is 0.0725. The van der Waals surface area contributed by atoms with E-state index >= 15 is 0 Å². The smallest absolute Gasteiger partial charge is 0.335 e. The number of aromatic carboxylic acids is 1. The molecular formula is C12H16O5. The highest BCUT2D eigenvalue weighted by molar-refractivity contribution is 5.87. The van der Waals surface area contributed by atoms with Gasteiger partial charge in [-0.1, -0.05) is 6.07 Å². The van der Waals surface area contributed by atoms with Crippen LogP contribution in [0.25, 0.3) is 0 Å². The van der Waals surface area contributed by atoms with E-state index in [0.29, 0.717) is 12.4 Å². The van der Waals surface area contributed by atoms with Crippen LogP contribution in [0, 0.1) is 0 Å². The molecule has 0 amide bonds. The second-order valence-electron chi connectivity index (χ2n) is 3.46. The van der Waals surface area contributed by atoms with Gasteiger partial charge < -0.3 is 19.7 Å². The molecule has 0 fully saturated rings. The van der Waals surface area contributed by atoms with E-state index in [1.165, 1.54) is 12.1 Å². The van der Waals surface area contributed by atoms with Gasteiger partial charge >= 0.3 is 5.97 Å². The number of rotatable bonds is 7. The van der Waals surface area contributed by atoms with Crippen molar-refractivity contribution in [2.24, 2.45) is 0 Å². The number of hydrogen-bond donors (Lipinski definition) is 2. The Labute approximate surface area is 99.6 Å². The maximum absolute atomic E-state index is 10.7. The number of hydrogen-bond acceptors (Lipinski definition) is 4. The van der Waals surface area contributed by atoms with Gasteiger partial charge in [0.2, 0.25) is 0 Å². The largest absolute Gasteiger partial charge is 0.491 e. The number of carboxylic acids is 1. The van der Waals surface area contributed by atoms with Crippen molar-refractivity contribution in [3.05, 3.63) is 29.8 Å². The standard InChI is InChI=1S/C12H16O5/c1-2-16-7-10(13)8-17-11-5-3-4-9(6-11)12(14)15/h3-6,10,13H,2,7-8H2,1H3,(H,14,15). The second kappa shape index (κ2) is 6.88. The highest BCUT2D eigenvalue weighted by Crippen LogP contribution is 2.13. The number of aliphatic hydroxyl groups is 1. The van der Waals surface area contributed by atoms with Crippen LogP contribution in [0.5, 0.6) is 5.75 Å². The molecule has 17 heavy (non-hydrogen) atoms. The topological polar surface area (TPSA) is 76.0 Å². The maximum Gasteiger partial charge on any atom is 0.335 e. The molecule has 94 valence electrons. The summed E-state index contributed by atoms with van der Waals surface area (Å²) in [6.07, 6.45) is -0.719. The van der Waals surface area contributed by atoms with E-state index in [9.17, 15) is 9.90 Å². The Kier molecular flexibility index (Phi) is 5.45. The second-order valence-corrected chi connectivity index (χ2v) is 3.46. The molecule has 0 heterocycles. The molecule has 2 N–H and O–H groups in total. The zero-order valence-electron chi connectivity index (χ0n) is 9.63. The van der Waals surface area contributed by atoms with E-state index in [2.05, 4.69) is 0 Å². The SMILES string of the molecule is CCOCC(O)COc1cccc(C(=O)O)c1. The molecule has 0 aliphatic carbocycles. The number of ether oxygens (including phenoxy) is 2. The lowest BCUT2D eigenvalue weighted by Gasteiger charge is -2.12. The zero-order valence-corrected chi connectivity index (χ0v) is 9.63. The van der Waals surface area contributed by atoms with Crippen LogP contribution in [-0.4, -0.2) is 42.1 Å². The van der Waals surface area contributed by atoms with Crippen LogP contribution in [-0.2, 0) is 4.74 Å². The molecular weight excluding hydrogens is 224 g/mol. The Bertz CT molecular complexity index is 364. The van der Waals surface area contributed by atoms with Gasteiger partial charge in [0, 0.05) is 6.61 Å². The normalized spacial score (nSPS) is 12.1. The lowest BCUT2D eigenvalue weighted by molar-refractivity contribution is 0.0164. The monoisotopic (exact) mass is 240 g/mol. The molecule has 1 aromatic rings. The fourth-order valence-corrected chi connectivity index (χ4v) is 1.21. The molecule has 5 nitrogen and oxygen atoms in total. The van der Waals surface area contributed by atoms with E-state index in [0.717, 1.165) is 0 Å². The van der Waals surface area contributed by atoms with Crippen LogP contribution in [0.15, 0.2) is 24.3 Å². The summed E-state index contributed by atoms with van der Waals surface area (Å²) in [6.45, 7) is 2.65. The average Bonchev–Trinajstić information content (AvgIpc) is 2.34. The number of carbonyl (C=O) groups is 1. The summed E-state index contributed by atoms with van der Waals surface area (Å²) < 4.78 is 10.3. The van der Waals surface area contributed by atoms with Crippen molar-refractivity contribution in [3.8, 4) is 5.75 Å². The fraction of sp³-hybridized carbons (Fsp3) is 0.417. The van der Waals surface area contributed by atoms with Crippen molar-refractivity contribution < 1.29 is 24.5 Å². The predicted molar refractivity (Wildman–Crippen MR) is 61.4 cm³/mol. The third-order valence-electron chi connectivity index (χ3n) is 2.04. The van der Waals surface area contributed by atoms with Crippen LogP contribution in [0.3, 0.4) is 0 Å². The average molecular weight is 240 g/mol. The van der Waals surface area contributed by atoms with E-state index < -0.39 is 12.1 Å². The van der Waals surface area contributed by atoms with Gasteiger partial charge in [-0.25, -0.2) is 4.79 Å². The molecule has 1 aromatic carbocycles. The van der Waals surface area contributed by atoms with E-state index in [-0.39, 0.29) is 18.8 Å². The van der Waals surface area contributed by atoms with Crippen molar-refractivity contribution >= 4 is 5.97 Å². The first-order chi connectivity index (χ1) is 8.13. The van der Waals surface area contributed by atoms with Crippen molar-refractivity contribution in [3.63, 3.8) is 0 Å². The van der Waals surface area contributed by atoms with Gasteiger partial charge in [0.1, 0.15) is 18.5 Å². The van der Waals surface area contributed by atoms with E-state index in [1.807, 2.05) is 6.92 Å². The molecule has 1 rings (SSSR count). The van der Waals surface area contributed by atoms with Gasteiger partial charge in [0.15, 0.2) is 0 Å². The van der Waals surface area contributed by atoms with E-state index in [1.54, 1.807) is 12.1 Å². The van der Waals surface area contributed by atoms with Gasteiger partial charge in [-0.2, -0.15) is 0 Å². The first-order valence-electron chi connectivity index (χ1n) is 5.35. The minimum atomic E-state index is -1.01. The third kappa shape index (κ3) is 4.84. The number of aliphatic hydroxyl groups excluding tert-OH is 1. The van der Waals surface area contributed by atoms with Crippen molar-refractivity contribution in [1.29, 1.82) is 0 Å². The van der Waals surface area contributed by atoms with Gasteiger partial charge in [-0.3, -0.25) is 0 Å². The minimum Gasteiger partial charge on any atom is -0.491 e. The summed E-state index contributed by atoms with van der Waals surface area (Å²) in [5.41, 5.74) is 0.154. The Hall–Kier alpha value is -1.59. The molecule has 5 heteroatoms. The van der Waals surface area contributed by atoms with Gasteiger partial charge in [-0.15, -0.1) is 0 Å². The quantitative estimate of drug-likeness (QED) is 0.748. The van der Waals surface area contributed by atoms with Crippen LogP contribution in [0.1, 0.15) is 17.3 Å². The fourth-order valence-electron chi connectivity index (χ4n) is 1.21. The summed E-state index contributed by atoms with van der Waals surface area (Å²) in [6, 6.07) is 6.12. The Morgan fingerprint density at radius 1 is 1.41 bits per heavy atom. The summed E-state index contributed by atoms with van der Waals surface area (Å²) >= 11 is 0. The van der Waals surface area contributed by atoms with Gasteiger partial charge in [0.05, 0.1) is 12.2 Å². The third-order valence-corrected chi connectivity index (χ3v) is 2.04. The van der Waals surface area contributed by atoms with Crippen molar-refractivity contribution in [2.45, 2.75) is 13.0 Å². The highest BCUT2D eigenvalue weighted by atomic mass is 16.5. The molecule has 0 aliphatic rings. The molecule has 1 unspecified atom stereocenters. The molecule has 0 radical (unpaired) electrons. The highest BCUT2D eigenvalue weighted by Gasteiger charge is 2.07. The Morgan fingerprint density at radius 3 is 2.82 bits per heavy atom. The van der Waals surface area contributed by atoms with Crippen LogP contribution in [0.4, 0.5) is 0 Å². The summed E-state index contributed by atoms with van der Waals surface area (Å²) in [5.74, 6) is -0.592.